The van der Waals surface area contributed by atoms with E-state index in [9.17, 15) is 26.7 Å². The van der Waals surface area contributed by atoms with Crippen LogP contribution in [0.15, 0.2) is 24.3 Å². The van der Waals surface area contributed by atoms with Gasteiger partial charge >= 0.3 is 12.1 Å². The lowest BCUT2D eigenvalue weighted by atomic mass is 9.89. The number of carbonyl (C=O) groups excluding carboxylic acids is 1. The van der Waals surface area contributed by atoms with Gasteiger partial charge in [-0.1, -0.05) is 17.7 Å². The van der Waals surface area contributed by atoms with Crippen LogP contribution in [0.5, 0.6) is 11.5 Å². The van der Waals surface area contributed by atoms with Gasteiger partial charge in [-0.15, -0.1) is 0 Å². The Kier molecular flexibility index (Phi) is 5.17. The molecule has 1 fully saturated rings. The topological polar surface area (TPSA) is 45.9 Å². The maximum atomic E-state index is 14.9. The number of hydrogen-bond acceptors (Lipinski definition) is 3. The fraction of sp³-hybridized carbons (Fsp3) is 0.300. The number of hydrogen-bond donors (Lipinski definition) is 1. The molecule has 0 saturated carbocycles. The molecule has 1 saturated heterocycles. The summed E-state index contributed by atoms with van der Waals surface area (Å²) in [6, 6.07) is 2.49. The minimum absolute atomic E-state index is 0.0482. The van der Waals surface area contributed by atoms with Gasteiger partial charge in [0.15, 0.2) is 5.75 Å². The van der Waals surface area contributed by atoms with E-state index in [-0.39, 0.29) is 40.7 Å². The molecule has 31 heavy (non-hydrogen) atoms. The first kappa shape index (κ1) is 21.2. The molecule has 2 aromatic carbocycles. The summed E-state index contributed by atoms with van der Waals surface area (Å²) in [7, 11) is 0. The van der Waals surface area contributed by atoms with Crippen LogP contribution in [0.4, 0.5) is 33.3 Å². The zero-order chi connectivity index (χ0) is 22.5. The van der Waals surface area contributed by atoms with Crippen LogP contribution in [0, 0.1) is 18.2 Å². The quantitative estimate of drug-likeness (QED) is 0.444. The van der Waals surface area contributed by atoms with Gasteiger partial charge in [0.1, 0.15) is 17.4 Å². The van der Waals surface area contributed by atoms with E-state index in [0.29, 0.717) is 6.42 Å². The second-order valence-corrected chi connectivity index (χ2v) is 7.47. The molecule has 11 heteroatoms. The maximum absolute atomic E-state index is 14.9. The van der Waals surface area contributed by atoms with Gasteiger partial charge in [0.25, 0.3) is 0 Å². The SMILES string of the molecule is [C-]#[N+]c1c(F)cc2c(c1Cl)N1CCC[C@H](NC(=O)C(F)(F)F)[C@H]1c1c(F)cccc1O2. The smallest absolute Gasteiger partial charge is 0.455 e. The number of nitrogens with zero attached hydrogens (tertiary/aromatic N) is 2. The number of nitrogens with one attached hydrogen (secondary N) is 1. The van der Waals surface area contributed by atoms with Gasteiger partial charge in [-0.25, -0.2) is 13.6 Å². The molecule has 0 aliphatic carbocycles. The van der Waals surface area contributed by atoms with Crippen molar-refractivity contribution in [2.45, 2.75) is 31.1 Å². The van der Waals surface area contributed by atoms with E-state index in [0.717, 1.165) is 12.1 Å². The Balaban J connectivity index is 1.93. The molecule has 0 unspecified atom stereocenters. The van der Waals surface area contributed by atoms with Crippen LogP contribution in [0.1, 0.15) is 24.4 Å². The maximum Gasteiger partial charge on any atom is 0.471 e. The summed E-state index contributed by atoms with van der Waals surface area (Å²) in [6.07, 6.45) is -4.68. The summed E-state index contributed by atoms with van der Waals surface area (Å²) in [6.45, 7) is 7.40. The number of halogens is 6. The lowest BCUT2D eigenvalue weighted by Crippen LogP contribution is -2.53. The Labute approximate surface area is 178 Å². The molecule has 0 aromatic heterocycles. The molecule has 0 spiro atoms. The average Bonchev–Trinajstić information content (AvgIpc) is 2.83. The van der Waals surface area contributed by atoms with Crippen molar-refractivity contribution in [1.82, 2.24) is 5.32 Å². The number of carbonyl (C=O) groups is 1. The van der Waals surface area contributed by atoms with Gasteiger partial charge in [0, 0.05) is 12.6 Å². The third-order valence-corrected chi connectivity index (χ3v) is 5.62. The molecule has 2 aliphatic rings. The van der Waals surface area contributed by atoms with E-state index in [4.69, 9.17) is 22.9 Å². The highest BCUT2D eigenvalue weighted by molar-refractivity contribution is 6.36. The zero-order valence-electron chi connectivity index (χ0n) is 15.6. The first-order valence-corrected chi connectivity index (χ1v) is 9.51. The minimum atomic E-state index is -5.13. The van der Waals surface area contributed by atoms with E-state index < -0.39 is 41.5 Å². The van der Waals surface area contributed by atoms with Gasteiger partial charge in [-0.05, 0) is 25.0 Å². The van der Waals surface area contributed by atoms with Crippen molar-refractivity contribution in [2.75, 3.05) is 11.4 Å². The number of alkyl halides is 3. The highest BCUT2D eigenvalue weighted by atomic mass is 35.5. The molecule has 2 aliphatic heterocycles. The summed E-state index contributed by atoms with van der Waals surface area (Å²) in [5.41, 5.74) is -0.525. The Morgan fingerprint density at radius 1 is 1.26 bits per heavy atom. The van der Waals surface area contributed by atoms with Gasteiger partial charge in [0.2, 0.25) is 5.69 Å². The van der Waals surface area contributed by atoms with E-state index in [2.05, 4.69) is 4.85 Å². The summed E-state index contributed by atoms with van der Waals surface area (Å²) < 4.78 is 73.7. The second-order valence-electron chi connectivity index (χ2n) is 7.09. The first-order chi connectivity index (χ1) is 14.6. The molecule has 162 valence electrons. The largest absolute Gasteiger partial charge is 0.471 e. The standard InChI is InChI=1S/C20H13ClF5N3O2/c1-27-16-10(23)8-13-18(15(16)21)29-7-3-5-11(28-19(30)20(24,25)26)17(29)14-9(22)4-2-6-12(14)31-13/h2,4,6,8,11,17H,3,5,7H2,(H,28,30)/t11-,17-/m0/s1. The van der Waals surface area contributed by atoms with Crippen LogP contribution in [-0.2, 0) is 4.79 Å². The van der Waals surface area contributed by atoms with Crippen molar-refractivity contribution in [2.24, 2.45) is 0 Å². The van der Waals surface area contributed by atoms with Crippen LogP contribution in [0.25, 0.3) is 4.85 Å². The molecule has 0 bridgehead atoms. The predicted molar refractivity (Wildman–Crippen MR) is 101 cm³/mol. The predicted octanol–water partition coefficient (Wildman–Crippen LogP) is 5.66. The molecule has 5 nitrogen and oxygen atoms in total. The molecule has 2 atom stereocenters. The number of rotatable bonds is 1. The van der Waals surface area contributed by atoms with E-state index in [1.54, 1.807) is 0 Å². The van der Waals surface area contributed by atoms with Gasteiger partial charge < -0.3 is 15.0 Å². The second kappa shape index (κ2) is 7.57. The van der Waals surface area contributed by atoms with Gasteiger partial charge in [-0.2, -0.15) is 13.2 Å². The Bertz CT molecular complexity index is 1120. The lowest BCUT2D eigenvalue weighted by molar-refractivity contribution is -0.174. The van der Waals surface area contributed by atoms with Crippen molar-refractivity contribution in [1.29, 1.82) is 0 Å². The molecule has 0 radical (unpaired) electrons. The summed E-state index contributed by atoms with van der Waals surface area (Å²) in [5, 5.41) is 1.64. The van der Waals surface area contributed by atoms with Crippen LogP contribution in [0.3, 0.4) is 0 Å². The number of piperidine rings is 1. The summed E-state index contributed by atoms with van der Waals surface area (Å²) in [5.74, 6) is -4.03. The monoisotopic (exact) mass is 457 g/mol. The van der Waals surface area contributed by atoms with Crippen molar-refractivity contribution in [3.05, 3.63) is 57.9 Å². The van der Waals surface area contributed by atoms with E-state index >= 15 is 0 Å². The normalized spacial score (nSPS) is 19.8. The molecule has 4 rings (SSSR count). The zero-order valence-corrected chi connectivity index (χ0v) is 16.3. The molecule has 1 N–H and O–H groups in total. The van der Waals surface area contributed by atoms with Gasteiger partial charge in [-0.3, -0.25) is 4.79 Å². The van der Waals surface area contributed by atoms with Crippen molar-refractivity contribution in [3.8, 4) is 11.5 Å². The van der Waals surface area contributed by atoms with E-state index in [1.165, 1.54) is 17.0 Å². The number of ether oxygens (including phenoxy) is 1. The summed E-state index contributed by atoms with van der Waals surface area (Å²) >= 11 is 6.30. The molecule has 1 amide bonds. The number of amides is 1. The van der Waals surface area contributed by atoms with Crippen LogP contribution in [0.2, 0.25) is 5.02 Å². The number of fused-ring (bicyclic) bond motifs is 5. The minimum Gasteiger partial charge on any atom is -0.455 e. The Morgan fingerprint density at radius 3 is 2.68 bits per heavy atom. The number of benzene rings is 2. The lowest BCUT2D eigenvalue weighted by Gasteiger charge is -2.42. The van der Waals surface area contributed by atoms with Crippen molar-refractivity contribution in [3.63, 3.8) is 0 Å². The van der Waals surface area contributed by atoms with Crippen LogP contribution >= 0.6 is 11.6 Å². The fourth-order valence-electron chi connectivity index (χ4n) is 4.04. The van der Waals surface area contributed by atoms with Crippen molar-refractivity contribution >= 4 is 28.9 Å². The Morgan fingerprint density at radius 2 is 2.00 bits per heavy atom. The van der Waals surface area contributed by atoms with Crippen molar-refractivity contribution < 1.29 is 31.5 Å². The highest BCUT2D eigenvalue weighted by Crippen LogP contribution is 2.53. The van der Waals surface area contributed by atoms with Crippen LogP contribution in [-0.4, -0.2) is 24.7 Å². The molecular formula is C20H13ClF5N3O2. The average molecular weight is 458 g/mol. The third kappa shape index (κ3) is 3.53. The first-order valence-electron chi connectivity index (χ1n) is 9.13. The highest BCUT2D eigenvalue weighted by Gasteiger charge is 2.46. The third-order valence-electron chi connectivity index (χ3n) is 5.27. The Hall–Kier alpha value is -3.06. The fourth-order valence-corrected chi connectivity index (χ4v) is 4.38. The van der Waals surface area contributed by atoms with E-state index in [1.807, 2.05) is 5.32 Å². The molecule has 2 aromatic rings. The molecule has 2 heterocycles. The molecular weight excluding hydrogens is 445 g/mol. The number of anilines is 1. The van der Waals surface area contributed by atoms with Gasteiger partial charge in [0.05, 0.1) is 34.9 Å². The van der Waals surface area contributed by atoms with Crippen LogP contribution < -0.4 is 15.0 Å². The summed E-state index contributed by atoms with van der Waals surface area (Å²) in [4.78, 5) is 16.2.